The second kappa shape index (κ2) is 8.84. The Labute approximate surface area is 372 Å². The average Bonchev–Trinajstić information content (AvgIpc) is 3.35. The monoisotopic (exact) mass is 839 g/mol. The minimum atomic E-state index is -0.0764. The first kappa shape index (κ1) is 30.1. The summed E-state index contributed by atoms with van der Waals surface area (Å²) in [4.78, 5) is 28.4. The van der Waals surface area contributed by atoms with Crippen molar-refractivity contribution in [2.24, 2.45) is 4.99 Å². The van der Waals surface area contributed by atoms with Crippen LogP contribution in [0.4, 0.5) is 5.69 Å². The maximum Gasteiger partial charge on any atom is 0.0994 e. The number of benzene rings is 10. The highest BCUT2D eigenvalue weighted by molar-refractivity contribution is 6.52. The predicted molar refractivity (Wildman–Crippen MR) is 278 cm³/mol. The van der Waals surface area contributed by atoms with Gasteiger partial charge in [-0.15, -0.1) is 0 Å². The maximum absolute atomic E-state index is 6.13. The molecule has 7 heteroatoms. The van der Waals surface area contributed by atoms with Crippen LogP contribution >= 0.6 is 0 Å². The van der Waals surface area contributed by atoms with Crippen molar-refractivity contribution in [2.45, 2.75) is 5.92 Å². The number of pyridine rings is 9. The molecule has 0 fully saturated rings. The zero-order valence-electron chi connectivity index (χ0n) is 34.8. The molecular formula is C60H21N7. The van der Waals surface area contributed by atoms with Crippen molar-refractivity contribution in [3.63, 3.8) is 0 Å². The molecule has 0 radical (unpaired) electrons. The summed E-state index contributed by atoms with van der Waals surface area (Å²) in [7, 11) is 0. The summed E-state index contributed by atoms with van der Waals surface area (Å²) in [5, 5.41) is 29.7. The van der Waals surface area contributed by atoms with Crippen molar-refractivity contribution in [3.05, 3.63) is 121 Å². The van der Waals surface area contributed by atoms with Crippen LogP contribution in [0.2, 0.25) is 0 Å². The van der Waals surface area contributed by atoms with E-state index in [0.717, 1.165) is 82.6 Å². The highest BCUT2D eigenvalue weighted by Crippen LogP contribution is 2.59. The second-order valence-corrected chi connectivity index (χ2v) is 20.2. The van der Waals surface area contributed by atoms with Crippen molar-refractivity contribution in [3.8, 4) is 0 Å². The van der Waals surface area contributed by atoms with Crippen LogP contribution < -0.4 is 0 Å². The fourth-order valence-electron chi connectivity index (χ4n) is 15.3. The molecule has 7 nitrogen and oxygen atoms in total. The van der Waals surface area contributed by atoms with Gasteiger partial charge in [-0.3, -0.25) is 9.98 Å². The quantitative estimate of drug-likeness (QED) is 0.113. The van der Waals surface area contributed by atoms with Crippen molar-refractivity contribution in [1.82, 2.24) is 28.7 Å². The maximum atomic E-state index is 6.13. The summed E-state index contributed by atoms with van der Waals surface area (Å²) in [5.74, 6) is -0.0764. The Balaban J connectivity index is 1.20. The van der Waals surface area contributed by atoms with E-state index in [1.165, 1.54) is 130 Å². The first-order valence-electron chi connectivity index (χ1n) is 23.3. The average molecular weight is 840 g/mol. The van der Waals surface area contributed by atoms with Crippen molar-refractivity contribution in [2.75, 3.05) is 0 Å². The number of aliphatic imine (C=N–C) groups is 1. The van der Waals surface area contributed by atoms with Gasteiger partial charge in [0.25, 0.3) is 0 Å². The standard InChI is InChI=1S/C60H21N7/c1-3-22-13-25-15-27-17-30-19-29-11-9-24-20-61-51-33-5-2-6-34-43(33)46-44-35(64-34)18-28-16-26-14-23-8-7-21-10-12-32-31(4-1)36(22)56-42(25)48-38(27)53(63-30)60-54(65-52(46)49(51)50(24)62-29)45(44)40(28)57-41(26)47-37(23)39(21)55(32)66(56)58(47)59(48)67(57)60/h1-20,24H. The molecule has 2 aliphatic heterocycles. The molecule has 1 unspecified atom stereocenters. The molecule has 10 aromatic heterocycles. The van der Waals surface area contributed by atoms with Gasteiger partial charge in [0, 0.05) is 92.4 Å². The second-order valence-electron chi connectivity index (χ2n) is 20.2. The number of nitrogens with zero attached hydrogens (tertiary/aromatic N) is 7. The van der Waals surface area contributed by atoms with E-state index in [4.69, 9.17) is 24.9 Å². The van der Waals surface area contributed by atoms with Crippen LogP contribution in [0.15, 0.2) is 114 Å². The van der Waals surface area contributed by atoms with Gasteiger partial charge < -0.3 is 8.80 Å². The Hall–Kier alpha value is -9.07. The molecule has 0 saturated heterocycles. The van der Waals surface area contributed by atoms with E-state index in [2.05, 4.69) is 130 Å². The van der Waals surface area contributed by atoms with E-state index in [9.17, 15) is 0 Å². The predicted octanol–water partition coefficient (Wildman–Crippen LogP) is 15.1. The molecular weight excluding hydrogens is 819 g/mol. The van der Waals surface area contributed by atoms with Crippen LogP contribution in [-0.4, -0.2) is 35.0 Å². The lowest BCUT2D eigenvalue weighted by atomic mass is 9.82. The molecule has 2 aliphatic rings. The SMILES string of the molecule is C1=CC2C=Nc3c4cccc5nc6cc7cc8cc9ccc%10ccc%11c%12cccc%13cc%14cc%15cc%16cc1nc2c3c1nc2c(c6c1c54)c7c1c8c3c9c%10c%11n4c(c%13%12)c%14c5c%15c(n%16)c2n1c5c34. The fraction of sp³-hybridized carbons (Fsp3) is 0.0167. The molecule has 20 aromatic rings. The van der Waals surface area contributed by atoms with Gasteiger partial charge in [0.15, 0.2) is 0 Å². The Morgan fingerprint density at radius 3 is 2.00 bits per heavy atom. The number of hydrogen-bond donors (Lipinski definition) is 0. The van der Waals surface area contributed by atoms with Gasteiger partial charge in [0.2, 0.25) is 0 Å². The molecule has 1 atom stereocenters. The van der Waals surface area contributed by atoms with E-state index >= 15 is 0 Å². The van der Waals surface area contributed by atoms with E-state index in [0.29, 0.717) is 0 Å². The van der Waals surface area contributed by atoms with Gasteiger partial charge in [-0.2, -0.15) is 0 Å². The third-order valence-corrected chi connectivity index (χ3v) is 17.4. The summed E-state index contributed by atoms with van der Waals surface area (Å²) >= 11 is 0. The molecule has 6 bridgehead atoms. The number of fused-ring (bicyclic) bond motifs is 4. The highest BCUT2D eigenvalue weighted by Gasteiger charge is 2.36. The third kappa shape index (κ3) is 2.73. The summed E-state index contributed by atoms with van der Waals surface area (Å²) in [6, 6.07) is 39.6. The lowest BCUT2D eigenvalue weighted by molar-refractivity contribution is 1.04. The summed E-state index contributed by atoms with van der Waals surface area (Å²) in [5.41, 5.74) is 15.9. The topological polar surface area (TPSA) is 72.7 Å². The molecule has 296 valence electrons. The Kier molecular flexibility index (Phi) is 3.98. The summed E-state index contributed by atoms with van der Waals surface area (Å²) in [6.45, 7) is 0. The van der Waals surface area contributed by atoms with E-state index in [-0.39, 0.29) is 5.92 Å². The molecule has 0 amide bonds. The molecule has 0 aliphatic carbocycles. The normalized spacial score (nSPS) is 16.1. The Morgan fingerprint density at radius 2 is 1.07 bits per heavy atom. The van der Waals surface area contributed by atoms with Crippen LogP contribution in [0.1, 0.15) is 17.3 Å². The van der Waals surface area contributed by atoms with Gasteiger partial charge in [0.05, 0.1) is 89.2 Å². The lowest BCUT2D eigenvalue weighted by Crippen LogP contribution is -2.12. The van der Waals surface area contributed by atoms with Gasteiger partial charge in [-0.1, -0.05) is 60.7 Å². The van der Waals surface area contributed by atoms with Crippen LogP contribution in [0.5, 0.6) is 0 Å². The third-order valence-electron chi connectivity index (χ3n) is 17.4. The van der Waals surface area contributed by atoms with E-state index in [1.807, 2.05) is 0 Å². The molecule has 67 heavy (non-hydrogen) atoms. The first-order chi connectivity index (χ1) is 33.2. The van der Waals surface area contributed by atoms with Crippen LogP contribution in [0.3, 0.4) is 0 Å². The van der Waals surface area contributed by atoms with E-state index < -0.39 is 0 Å². The number of rotatable bonds is 0. The Morgan fingerprint density at radius 1 is 0.373 bits per heavy atom. The van der Waals surface area contributed by atoms with Crippen LogP contribution in [-0.2, 0) is 0 Å². The first-order valence-corrected chi connectivity index (χ1v) is 23.3. The Bertz CT molecular complexity index is 5870. The molecule has 0 saturated carbocycles. The summed E-state index contributed by atoms with van der Waals surface area (Å²) < 4.78 is 5.38. The summed E-state index contributed by atoms with van der Waals surface area (Å²) in [6.07, 6.45) is 6.45. The lowest BCUT2D eigenvalue weighted by Gasteiger charge is -2.31. The molecule has 0 spiro atoms. The van der Waals surface area contributed by atoms with Gasteiger partial charge >= 0.3 is 0 Å². The molecule has 0 N–H and O–H groups in total. The number of hydrogen-bond acceptors (Lipinski definition) is 5. The zero-order valence-corrected chi connectivity index (χ0v) is 34.8. The largest absolute Gasteiger partial charge is 0.305 e. The minimum absolute atomic E-state index is 0.0764. The number of allylic oxidation sites excluding steroid dienone is 1. The molecule has 22 rings (SSSR count). The van der Waals surface area contributed by atoms with E-state index in [1.54, 1.807) is 0 Å². The molecule has 12 heterocycles. The fourth-order valence-corrected chi connectivity index (χ4v) is 15.3. The highest BCUT2D eigenvalue weighted by atomic mass is 15.0. The number of aromatic nitrogens is 6. The van der Waals surface area contributed by atoms with Crippen molar-refractivity contribution >= 4 is 213 Å². The van der Waals surface area contributed by atoms with Gasteiger partial charge in [-0.25, -0.2) is 15.0 Å². The van der Waals surface area contributed by atoms with Gasteiger partial charge in [-0.05, 0) is 97.7 Å². The molecule has 10 aromatic carbocycles. The van der Waals surface area contributed by atoms with Crippen LogP contribution in [0.25, 0.3) is 202 Å². The van der Waals surface area contributed by atoms with Crippen LogP contribution in [0, 0.1) is 0 Å². The smallest absolute Gasteiger partial charge is 0.0994 e. The van der Waals surface area contributed by atoms with Crippen molar-refractivity contribution < 1.29 is 0 Å². The zero-order chi connectivity index (χ0) is 41.9. The van der Waals surface area contributed by atoms with Gasteiger partial charge in [0.1, 0.15) is 0 Å². The minimum Gasteiger partial charge on any atom is -0.305 e. The van der Waals surface area contributed by atoms with Crippen molar-refractivity contribution in [1.29, 1.82) is 0 Å².